The zero-order chi connectivity index (χ0) is 17.3. The van der Waals surface area contributed by atoms with Crippen LogP contribution in [0.15, 0.2) is 42.5 Å². The molecule has 2 aromatic carbocycles. The van der Waals surface area contributed by atoms with E-state index < -0.39 is 17.5 Å². The number of allylic oxidation sites excluding steroid dienone is 4. The average molecular weight is 347 g/mol. The van der Waals surface area contributed by atoms with Crippen molar-refractivity contribution in [2.75, 3.05) is 0 Å². The minimum absolute atomic E-state index is 0.329. The topological polar surface area (TPSA) is 15.8 Å². The van der Waals surface area contributed by atoms with Crippen LogP contribution >= 0.6 is 11.5 Å². The summed E-state index contributed by atoms with van der Waals surface area (Å²) in [6, 6.07) is 8.03. The summed E-state index contributed by atoms with van der Waals surface area (Å²) in [4.78, 5) is 0. The van der Waals surface area contributed by atoms with E-state index >= 15 is 0 Å². The van der Waals surface area contributed by atoms with Crippen LogP contribution in [0.4, 0.5) is 13.2 Å². The fourth-order valence-corrected chi connectivity index (χ4v) is 3.18. The molecule has 0 aliphatic carbocycles. The molecule has 1 aromatic heterocycles. The van der Waals surface area contributed by atoms with Crippen LogP contribution in [0.2, 0.25) is 0 Å². The molecule has 0 atom stereocenters. The quantitative estimate of drug-likeness (QED) is 0.313. The second kappa shape index (κ2) is 6.69. The molecule has 0 aliphatic heterocycles. The van der Waals surface area contributed by atoms with Crippen LogP contribution in [0, 0.1) is 17.5 Å². The Bertz CT molecular complexity index is 924. The first-order valence-corrected chi connectivity index (χ1v) is 8.42. The third-order valence-electron chi connectivity index (χ3n) is 3.90. The molecule has 1 heterocycles. The molecule has 3 rings (SSSR count). The molecular weight excluding hydrogens is 331 g/mol. The van der Waals surface area contributed by atoms with E-state index in [1.165, 1.54) is 11.5 Å². The van der Waals surface area contributed by atoms with Gasteiger partial charge in [0.1, 0.15) is 0 Å². The molecule has 0 spiro atoms. The van der Waals surface area contributed by atoms with Gasteiger partial charge in [0, 0.05) is 0 Å². The predicted octanol–water partition coefficient (Wildman–Crippen LogP) is 6.54. The van der Waals surface area contributed by atoms with E-state index in [4.69, 9.17) is 0 Å². The monoisotopic (exact) mass is 347 g/mol. The highest BCUT2D eigenvalue weighted by molar-refractivity contribution is 7.15. The van der Waals surface area contributed by atoms with E-state index in [0.29, 0.717) is 11.1 Å². The van der Waals surface area contributed by atoms with Crippen molar-refractivity contribution in [3.63, 3.8) is 0 Å². The van der Waals surface area contributed by atoms with Crippen LogP contribution in [0.3, 0.4) is 0 Å². The fourth-order valence-electron chi connectivity index (χ4n) is 2.52. The van der Waals surface area contributed by atoms with Crippen molar-refractivity contribution < 1.29 is 13.2 Å². The first-order valence-electron chi connectivity index (χ1n) is 7.61. The van der Waals surface area contributed by atoms with Gasteiger partial charge in [0.05, 0.1) is 10.2 Å². The molecule has 3 aromatic rings. The second-order valence-electron chi connectivity index (χ2n) is 5.52. The lowest BCUT2D eigenvalue weighted by Crippen LogP contribution is -1.95. The van der Waals surface area contributed by atoms with E-state index in [0.717, 1.165) is 39.9 Å². The molecule has 0 radical (unpaired) electrons. The molecule has 0 amide bonds. The third-order valence-corrected chi connectivity index (χ3v) is 4.78. The minimum Gasteiger partial charge on any atom is -0.309 e. The van der Waals surface area contributed by atoms with Crippen molar-refractivity contribution >= 4 is 32.9 Å². The lowest BCUT2D eigenvalue weighted by molar-refractivity contribution is 0.446. The molecule has 1 N–H and O–H groups in total. The summed E-state index contributed by atoms with van der Waals surface area (Å²) in [5.74, 6) is -3.80. The molecule has 124 valence electrons. The highest BCUT2D eigenvalue weighted by atomic mass is 32.1. The van der Waals surface area contributed by atoms with Crippen molar-refractivity contribution in [2.24, 2.45) is 0 Å². The standard InChI is InChI=1S/C19H16F3NS/c1-3-4-5-14(12-6-7-17-18(10-12)24-23-17)11(2)13-8-15(20)19(22)16(21)9-13/h4-10,23H,3H2,1-2H3/b5-4-,14-11-. The number of nitrogens with one attached hydrogen (secondary N) is 1. The van der Waals surface area contributed by atoms with Crippen molar-refractivity contribution in [3.05, 3.63) is 71.1 Å². The molecule has 5 heteroatoms. The van der Waals surface area contributed by atoms with Gasteiger partial charge in [-0.2, -0.15) is 0 Å². The van der Waals surface area contributed by atoms with E-state index in [2.05, 4.69) is 4.37 Å². The average Bonchev–Trinajstić information content (AvgIpc) is 2.54. The first kappa shape index (κ1) is 16.6. The highest BCUT2D eigenvalue weighted by Crippen LogP contribution is 2.32. The Kier molecular flexibility index (Phi) is 4.62. The zero-order valence-corrected chi connectivity index (χ0v) is 14.1. The lowest BCUT2D eigenvalue weighted by Gasteiger charge is -2.12. The number of halogens is 3. The van der Waals surface area contributed by atoms with E-state index in [-0.39, 0.29) is 0 Å². The number of benzene rings is 2. The molecule has 0 bridgehead atoms. The van der Waals surface area contributed by atoms with Crippen LogP contribution in [-0.2, 0) is 0 Å². The van der Waals surface area contributed by atoms with E-state index in [1.807, 2.05) is 37.3 Å². The Hall–Kier alpha value is -2.27. The smallest absolute Gasteiger partial charge is 0.194 e. The highest BCUT2D eigenvalue weighted by Gasteiger charge is 2.14. The van der Waals surface area contributed by atoms with Gasteiger partial charge in [-0.05, 0) is 59.9 Å². The summed E-state index contributed by atoms with van der Waals surface area (Å²) in [6.45, 7) is 3.80. The molecule has 0 aliphatic rings. The Morgan fingerprint density at radius 2 is 1.79 bits per heavy atom. The number of hydrogen-bond acceptors (Lipinski definition) is 1. The summed E-state index contributed by atoms with van der Waals surface area (Å²) in [5.41, 5.74) is 3.90. The van der Waals surface area contributed by atoms with Gasteiger partial charge in [0.15, 0.2) is 17.5 Å². The fraction of sp³-hybridized carbons (Fsp3) is 0.158. The first-order chi connectivity index (χ1) is 11.5. The normalized spacial score (nSPS) is 13.0. The number of aromatic amines is 1. The molecule has 0 saturated carbocycles. The van der Waals surface area contributed by atoms with E-state index in [9.17, 15) is 13.2 Å². The number of rotatable bonds is 4. The Labute approximate surface area is 142 Å². The van der Waals surface area contributed by atoms with Crippen molar-refractivity contribution in [1.29, 1.82) is 0 Å². The maximum Gasteiger partial charge on any atom is 0.194 e. The molecular formula is C19H16F3NS. The molecule has 24 heavy (non-hydrogen) atoms. The Balaban J connectivity index is 2.17. The third kappa shape index (κ3) is 3.04. The van der Waals surface area contributed by atoms with Crippen LogP contribution < -0.4 is 0 Å². The Morgan fingerprint density at radius 1 is 1.08 bits per heavy atom. The second-order valence-corrected chi connectivity index (χ2v) is 6.37. The minimum atomic E-state index is -1.44. The Morgan fingerprint density at radius 3 is 2.33 bits per heavy atom. The predicted molar refractivity (Wildman–Crippen MR) is 94.4 cm³/mol. The van der Waals surface area contributed by atoms with Crippen LogP contribution in [0.5, 0.6) is 0 Å². The number of hydrogen-bond donors (Lipinski definition) is 1. The maximum atomic E-state index is 13.6. The largest absolute Gasteiger partial charge is 0.309 e. The van der Waals surface area contributed by atoms with Gasteiger partial charge in [0.25, 0.3) is 0 Å². The van der Waals surface area contributed by atoms with Crippen LogP contribution in [0.25, 0.3) is 21.4 Å². The molecule has 0 saturated heterocycles. The zero-order valence-electron chi connectivity index (χ0n) is 13.3. The van der Waals surface area contributed by atoms with Crippen LogP contribution in [0.1, 0.15) is 31.4 Å². The summed E-state index contributed by atoms with van der Waals surface area (Å²) in [7, 11) is 0. The van der Waals surface area contributed by atoms with Gasteiger partial charge >= 0.3 is 0 Å². The van der Waals surface area contributed by atoms with Gasteiger partial charge in [-0.1, -0.05) is 36.7 Å². The number of aromatic nitrogens is 1. The molecule has 0 fully saturated rings. The summed E-state index contributed by atoms with van der Waals surface area (Å²) < 4.78 is 44.6. The van der Waals surface area contributed by atoms with Gasteiger partial charge in [-0.3, -0.25) is 0 Å². The number of fused-ring (bicyclic) bond motifs is 1. The van der Waals surface area contributed by atoms with Gasteiger partial charge in [-0.15, -0.1) is 0 Å². The summed E-state index contributed by atoms with van der Waals surface area (Å²) in [5, 5.41) is 0. The molecule has 1 nitrogen and oxygen atoms in total. The number of H-pyrrole nitrogens is 1. The van der Waals surface area contributed by atoms with Gasteiger partial charge in [0.2, 0.25) is 0 Å². The summed E-state index contributed by atoms with van der Waals surface area (Å²) in [6.07, 6.45) is 4.76. The maximum absolute atomic E-state index is 13.6. The van der Waals surface area contributed by atoms with Gasteiger partial charge in [-0.25, -0.2) is 13.2 Å². The van der Waals surface area contributed by atoms with Gasteiger partial charge < -0.3 is 4.37 Å². The van der Waals surface area contributed by atoms with Crippen LogP contribution in [-0.4, -0.2) is 4.37 Å². The lowest BCUT2D eigenvalue weighted by atomic mass is 9.95. The van der Waals surface area contributed by atoms with Crippen molar-refractivity contribution in [2.45, 2.75) is 20.3 Å². The van der Waals surface area contributed by atoms with Crippen molar-refractivity contribution in [3.8, 4) is 0 Å². The SMILES string of the molecule is CC/C=C\C(=C(/C)c1cc(F)c(F)c(F)c1)c1ccc2[nH]sc2c1. The molecule has 0 unspecified atom stereocenters. The van der Waals surface area contributed by atoms with Crippen molar-refractivity contribution in [1.82, 2.24) is 4.37 Å². The summed E-state index contributed by atoms with van der Waals surface area (Å²) >= 11 is 1.53. The van der Waals surface area contributed by atoms with E-state index in [1.54, 1.807) is 6.92 Å².